The van der Waals surface area contributed by atoms with Crippen LogP contribution in [0.4, 0.5) is 10.5 Å². The maximum atomic E-state index is 12.7. The van der Waals surface area contributed by atoms with Crippen molar-refractivity contribution >= 4 is 23.6 Å². The fourth-order valence-electron chi connectivity index (χ4n) is 2.99. The highest BCUT2D eigenvalue weighted by Gasteiger charge is 2.35. The highest BCUT2D eigenvalue weighted by Crippen LogP contribution is 2.18. The van der Waals surface area contributed by atoms with Crippen molar-refractivity contribution in [2.45, 2.75) is 46.2 Å². The summed E-state index contributed by atoms with van der Waals surface area (Å²) < 4.78 is 1.31. The molecule has 3 amide bonds. The molecule has 28 heavy (non-hydrogen) atoms. The van der Waals surface area contributed by atoms with Gasteiger partial charge in [0, 0.05) is 17.4 Å². The Balaban J connectivity index is 2.22. The lowest BCUT2D eigenvalue weighted by Crippen LogP contribution is -2.55. The van der Waals surface area contributed by atoms with E-state index in [1.807, 2.05) is 6.07 Å². The molecule has 1 heterocycles. The molecule has 2 rings (SSSR count). The van der Waals surface area contributed by atoms with Gasteiger partial charge in [-0.1, -0.05) is 18.2 Å². The molecule has 0 saturated heterocycles. The third-order valence-corrected chi connectivity index (χ3v) is 4.26. The summed E-state index contributed by atoms with van der Waals surface area (Å²) in [7, 11) is 0. The summed E-state index contributed by atoms with van der Waals surface area (Å²) in [6.07, 6.45) is 0.364. The molecule has 1 unspecified atom stereocenters. The van der Waals surface area contributed by atoms with Crippen LogP contribution >= 0.6 is 0 Å². The van der Waals surface area contributed by atoms with Crippen LogP contribution in [0.3, 0.4) is 0 Å². The molecule has 0 aliphatic rings. The van der Waals surface area contributed by atoms with Crippen molar-refractivity contribution < 1.29 is 19.5 Å². The first-order valence-corrected chi connectivity index (χ1v) is 8.90. The van der Waals surface area contributed by atoms with Gasteiger partial charge >= 0.3 is 6.09 Å². The number of carbonyl (C=O) groups is 3. The van der Waals surface area contributed by atoms with Gasteiger partial charge in [-0.15, -0.1) is 0 Å². The van der Waals surface area contributed by atoms with Crippen molar-refractivity contribution in [1.29, 1.82) is 0 Å². The van der Waals surface area contributed by atoms with Crippen molar-refractivity contribution in [1.82, 2.24) is 9.58 Å². The number of rotatable bonds is 5. The fraction of sp³-hybridized carbons (Fsp3) is 0.350. The summed E-state index contributed by atoms with van der Waals surface area (Å²) in [5.41, 5.74) is 3.42. The molecule has 0 saturated carbocycles. The van der Waals surface area contributed by atoms with Crippen molar-refractivity contribution in [2.75, 3.05) is 10.7 Å². The molecule has 1 aromatic heterocycles. The first-order chi connectivity index (χ1) is 13.0. The van der Waals surface area contributed by atoms with E-state index in [2.05, 4.69) is 10.7 Å². The Morgan fingerprint density at radius 1 is 1.11 bits per heavy atom. The highest BCUT2D eigenvalue weighted by molar-refractivity contribution is 6.05. The smallest absolute Gasteiger partial charge is 0.408 e. The van der Waals surface area contributed by atoms with E-state index in [0.717, 1.165) is 4.90 Å². The molecular weight excluding hydrogens is 360 g/mol. The first kappa shape index (κ1) is 21.0. The Morgan fingerprint density at radius 2 is 1.71 bits per heavy atom. The lowest BCUT2D eigenvalue weighted by atomic mass is 10.0. The topological polar surface area (TPSA) is 104 Å². The van der Waals surface area contributed by atoms with Gasteiger partial charge < -0.3 is 10.4 Å². The van der Waals surface area contributed by atoms with Gasteiger partial charge in [-0.05, 0) is 58.4 Å². The molecule has 0 radical (unpaired) electrons. The zero-order valence-electron chi connectivity index (χ0n) is 16.7. The normalized spacial score (nSPS) is 12.2. The van der Waals surface area contributed by atoms with Crippen LogP contribution in [0.1, 0.15) is 43.7 Å². The number of benzene rings is 1. The van der Waals surface area contributed by atoms with Gasteiger partial charge in [0.25, 0.3) is 11.8 Å². The maximum absolute atomic E-state index is 12.7. The fourth-order valence-corrected chi connectivity index (χ4v) is 2.99. The summed E-state index contributed by atoms with van der Waals surface area (Å²) in [6, 6.07) is 9.71. The second-order valence-electron chi connectivity index (χ2n) is 7.51. The number of nitrogens with one attached hydrogen (secondary N) is 2. The van der Waals surface area contributed by atoms with Crippen LogP contribution in [0.5, 0.6) is 0 Å². The molecule has 2 aromatic rings. The van der Waals surface area contributed by atoms with E-state index in [1.165, 1.54) is 11.6 Å². The minimum Gasteiger partial charge on any atom is -0.465 e. The van der Waals surface area contributed by atoms with Gasteiger partial charge in [0.05, 0.1) is 0 Å². The van der Waals surface area contributed by atoms with Crippen LogP contribution in [0, 0.1) is 6.92 Å². The minimum absolute atomic E-state index is 0.266. The number of hydrogen-bond donors (Lipinski definition) is 3. The lowest BCUT2D eigenvalue weighted by molar-refractivity contribution is -0.122. The third-order valence-electron chi connectivity index (χ3n) is 4.26. The van der Waals surface area contributed by atoms with E-state index in [1.54, 1.807) is 64.2 Å². The number of nitrogens with zero attached hydrogens (tertiary/aromatic N) is 2. The van der Waals surface area contributed by atoms with Gasteiger partial charge in [-0.2, -0.15) is 0 Å². The standard InChI is InChI=1S/C20H26N4O4/c1-13-11-12-23(16(13)18(26)21-15-9-7-6-8-10-15)22-17(25)14(2)24(19(27)28)20(3,4)5/h6-12,14H,1-5H3,(H,21,26)(H,22,25)(H,27,28). The molecule has 0 aliphatic carbocycles. The number of aromatic nitrogens is 1. The second kappa shape index (κ2) is 8.16. The van der Waals surface area contributed by atoms with E-state index in [-0.39, 0.29) is 11.6 Å². The predicted octanol–water partition coefficient (Wildman–Crippen LogP) is 3.29. The first-order valence-electron chi connectivity index (χ1n) is 8.90. The molecular formula is C20H26N4O4. The molecule has 8 nitrogen and oxygen atoms in total. The van der Waals surface area contributed by atoms with Gasteiger partial charge in [0.15, 0.2) is 0 Å². The lowest BCUT2D eigenvalue weighted by Gasteiger charge is -2.37. The van der Waals surface area contributed by atoms with Crippen LogP contribution in [0.25, 0.3) is 0 Å². The van der Waals surface area contributed by atoms with Crippen LogP contribution in [0.2, 0.25) is 0 Å². The summed E-state index contributed by atoms with van der Waals surface area (Å²) in [6.45, 7) is 8.40. The Kier molecular flexibility index (Phi) is 6.12. The van der Waals surface area contributed by atoms with Crippen LogP contribution < -0.4 is 10.7 Å². The summed E-state index contributed by atoms with van der Waals surface area (Å²) in [4.78, 5) is 38.0. The number of anilines is 1. The molecule has 0 fully saturated rings. The average Bonchev–Trinajstić information content (AvgIpc) is 2.94. The molecule has 0 bridgehead atoms. The quantitative estimate of drug-likeness (QED) is 0.733. The molecule has 1 aromatic carbocycles. The molecule has 150 valence electrons. The summed E-state index contributed by atoms with van der Waals surface area (Å²) in [5, 5.41) is 12.3. The number of amides is 3. The van der Waals surface area contributed by atoms with Crippen LogP contribution in [-0.2, 0) is 4.79 Å². The van der Waals surface area contributed by atoms with E-state index in [9.17, 15) is 19.5 Å². The number of hydrogen-bond acceptors (Lipinski definition) is 3. The van der Waals surface area contributed by atoms with Crippen LogP contribution in [-0.4, -0.2) is 44.2 Å². The molecule has 3 N–H and O–H groups in total. The molecule has 1 atom stereocenters. The average molecular weight is 386 g/mol. The van der Waals surface area contributed by atoms with Gasteiger partial charge in [-0.3, -0.25) is 24.6 Å². The number of carboxylic acid groups (broad SMARTS) is 1. The summed E-state index contributed by atoms with van der Waals surface area (Å²) >= 11 is 0. The number of para-hydroxylation sites is 1. The Labute approximate surface area is 164 Å². The molecule has 8 heteroatoms. The van der Waals surface area contributed by atoms with Gasteiger partial charge in [0.1, 0.15) is 11.7 Å². The SMILES string of the molecule is Cc1ccn(NC(=O)C(C)N(C(=O)O)C(C)(C)C)c1C(=O)Nc1ccccc1. The number of aryl methyl sites for hydroxylation is 1. The number of carbonyl (C=O) groups excluding carboxylic acids is 2. The third kappa shape index (κ3) is 4.70. The monoisotopic (exact) mass is 386 g/mol. The van der Waals surface area contributed by atoms with E-state index in [0.29, 0.717) is 11.3 Å². The maximum Gasteiger partial charge on any atom is 0.408 e. The van der Waals surface area contributed by atoms with Crippen LogP contribution in [0.15, 0.2) is 42.6 Å². The molecule has 0 spiro atoms. The predicted molar refractivity (Wildman–Crippen MR) is 107 cm³/mol. The Morgan fingerprint density at radius 3 is 2.25 bits per heavy atom. The van der Waals surface area contributed by atoms with Crippen molar-refractivity contribution in [3.8, 4) is 0 Å². The largest absolute Gasteiger partial charge is 0.465 e. The van der Waals surface area contributed by atoms with E-state index < -0.39 is 23.6 Å². The van der Waals surface area contributed by atoms with Crippen molar-refractivity contribution in [3.63, 3.8) is 0 Å². The van der Waals surface area contributed by atoms with E-state index in [4.69, 9.17) is 0 Å². The molecule has 0 aliphatic heterocycles. The highest BCUT2D eigenvalue weighted by atomic mass is 16.4. The zero-order valence-corrected chi connectivity index (χ0v) is 16.7. The van der Waals surface area contributed by atoms with Gasteiger partial charge in [0.2, 0.25) is 0 Å². The minimum atomic E-state index is -1.19. The van der Waals surface area contributed by atoms with E-state index >= 15 is 0 Å². The second-order valence-corrected chi connectivity index (χ2v) is 7.51. The Bertz CT molecular complexity index is 868. The Hall–Kier alpha value is -3.29. The summed E-state index contributed by atoms with van der Waals surface area (Å²) in [5.74, 6) is -0.922. The van der Waals surface area contributed by atoms with Crippen molar-refractivity contribution in [2.24, 2.45) is 0 Å². The van der Waals surface area contributed by atoms with Gasteiger partial charge in [-0.25, -0.2) is 4.79 Å². The zero-order chi connectivity index (χ0) is 21.1. The van der Waals surface area contributed by atoms with Crippen molar-refractivity contribution in [3.05, 3.63) is 53.9 Å².